The number of nitrogens with zero attached hydrogens (tertiary/aromatic N) is 1. The Morgan fingerprint density at radius 3 is 1.56 bits per heavy atom. The molecule has 194 valence electrons. The fraction of sp³-hybridized carbons (Fsp3) is 0.333. The van der Waals surface area contributed by atoms with Crippen LogP contribution in [0, 0.1) is 11.8 Å². The Hall–Kier alpha value is -3.72. The third-order valence-electron chi connectivity index (χ3n) is 9.98. The fourth-order valence-electron chi connectivity index (χ4n) is 8.47. The van der Waals surface area contributed by atoms with E-state index < -0.39 is 0 Å². The standard InChI is InChI=1S/C36H33NO2/c1-2-3-4-5-6-7-20-37-35(38)33-31-25-18-10-14-21-12-8-16-23(27(21)25)29(31)30-24-17-9-13-22-15-11-19-26(28(22)24)32(30)34(33)36(37)39/h8-19,31-34H,2-7,20H2,1H3. The van der Waals surface area contributed by atoms with Crippen molar-refractivity contribution in [2.75, 3.05) is 6.54 Å². The molecule has 4 aliphatic rings. The Labute approximate surface area is 229 Å². The number of hydrogen-bond acceptors (Lipinski definition) is 2. The molecule has 0 radical (unpaired) electrons. The van der Waals surface area contributed by atoms with Gasteiger partial charge in [0, 0.05) is 18.4 Å². The highest BCUT2D eigenvalue weighted by Gasteiger charge is 2.61. The number of carbonyl (C=O) groups excluding carboxylic acids is 2. The Bertz CT molecular complexity index is 1600. The van der Waals surface area contributed by atoms with E-state index in [9.17, 15) is 9.59 Å². The molecule has 8 rings (SSSR count). The van der Waals surface area contributed by atoms with Crippen molar-refractivity contribution >= 4 is 44.5 Å². The van der Waals surface area contributed by atoms with Gasteiger partial charge in [-0.05, 0) is 61.4 Å². The molecule has 0 spiro atoms. The maximum absolute atomic E-state index is 14.3. The first-order valence-corrected chi connectivity index (χ1v) is 14.8. The normalized spacial score (nSPS) is 24.2. The van der Waals surface area contributed by atoms with Crippen LogP contribution in [-0.2, 0) is 9.59 Å². The van der Waals surface area contributed by atoms with Crippen molar-refractivity contribution in [2.24, 2.45) is 11.8 Å². The van der Waals surface area contributed by atoms with Gasteiger partial charge in [-0.15, -0.1) is 0 Å². The Morgan fingerprint density at radius 1 is 0.590 bits per heavy atom. The van der Waals surface area contributed by atoms with Gasteiger partial charge in [-0.3, -0.25) is 14.5 Å². The third-order valence-corrected chi connectivity index (χ3v) is 9.98. The van der Waals surface area contributed by atoms with Crippen molar-refractivity contribution in [1.82, 2.24) is 4.90 Å². The summed E-state index contributed by atoms with van der Waals surface area (Å²) in [6.07, 6.45) is 6.85. The van der Waals surface area contributed by atoms with Crippen molar-refractivity contribution in [3.8, 4) is 0 Å². The lowest BCUT2D eigenvalue weighted by molar-refractivity contribution is -0.140. The molecule has 0 N–H and O–H groups in total. The van der Waals surface area contributed by atoms with Gasteiger partial charge in [0.2, 0.25) is 11.8 Å². The highest BCUT2D eigenvalue weighted by Crippen LogP contribution is 2.67. The summed E-state index contributed by atoms with van der Waals surface area (Å²) < 4.78 is 0. The van der Waals surface area contributed by atoms with Gasteiger partial charge < -0.3 is 0 Å². The molecule has 1 saturated heterocycles. The van der Waals surface area contributed by atoms with Gasteiger partial charge in [-0.2, -0.15) is 0 Å². The largest absolute Gasteiger partial charge is 0.282 e. The van der Waals surface area contributed by atoms with Gasteiger partial charge in [-0.1, -0.05) is 112 Å². The SMILES string of the molecule is CCCCCCCCN1C(=O)C2C3C(=C4c5cccc6cccc(c56)C4C2C1=O)c1cccc2cccc3c12. The molecule has 4 unspecified atom stereocenters. The van der Waals surface area contributed by atoms with Crippen LogP contribution in [0.4, 0.5) is 0 Å². The molecule has 1 heterocycles. The quantitative estimate of drug-likeness (QED) is 0.186. The van der Waals surface area contributed by atoms with Gasteiger partial charge in [-0.25, -0.2) is 0 Å². The first kappa shape index (κ1) is 23.2. The van der Waals surface area contributed by atoms with Crippen LogP contribution in [-0.4, -0.2) is 23.3 Å². The summed E-state index contributed by atoms with van der Waals surface area (Å²) >= 11 is 0. The lowest BCUT2D eigenvalue weighted by atomic mass is 9.63. The molecule has 2 amide bonds. The minimum atomic E-state index is -0.344. The molecule has 1 aliphatic heterocycles. The van der Waals surface area contributed by atoms with Crippen LogP contribution in [0.5, 0.6) is 0 Å². The number of rotatable bonds is 7. The second-order valence-corrected chi connectivity index (χ2v) is 11.9. The van der Waals surface area contributed by atoms with E-state index in [0.717, 1.165) is 12.8 Å². The van der Waals surface area contributed by atoms with Crippen molar-refractivity contribution in [1.29, 1.82) is 0 Å². The second kappa shape index (κ2) is 8.64. The van der Waals surface area contributed by atoms with Crippen LogP contribution in [0.3, 0.4) is 0 Å². The zero-order valence-electron chi connectivity index (χ0n) is 22.5. The Balaban J connectivity index is 1.30. The summed E-state index contributed by atoms with van der Waals surface area (Å²) in [6, 6.07) is 26.1. The minimum absolute atomic E-state index is 0.0491. The number of allylic oxidation sites excluding steroid dienone is 2. The molecule has 3 heteroatoms. The Kier molecular flexibility index (Phi) is 5.14. The summed E-state index contributed by atoms with van der Waals surface area (Å²) in [5.41, 5.74) is 7.55. The number of carbonyl (C=O) groups is 2. The van der Waals surface area contributed by atoms with Gasteiger partial charge in [0.15, 0.2) is 0 Å². The van der Waals surface area contributed by atoms with E-state index in [2.05, 4.69) is 79.7 Å². The van der Waals surface area contributed by atoms with Crippen molar-refractivity contribution in [2.45, 2.75) is 57.3 Å². The topological polar surface area (TPSA) is 37.4 Å². The number of fused-ring (bicyclic) bond motifs is 9. The molecule has 3 nitrogen and oxygen atoms in total. The lowest BCUT2D eigenvalue weighted by Gasteiger charge is -2.36. The second-order valence-electron chi connectivity index (χ2n) is 11.9. The van der Waals surface area contributed by atoms with Gasteiger partial charge in [0.25, 0.3) is 0 Å². The van der Waals surface area contributed by atoms with Gasteiger partial charge in [0.05, 0.1) is 11.8 Å². The van der Waals surface area contributed by atoms with Crippen LogP contribution >= 0.6 is 0 Å². The summed E-state index contributed by atoms with van der Waals surface area (Å²) in [4.78, 5) is 30.3. The smallest absolute Gasteiger partial charge is 0.234 e. The van der Waals surface area contributed by atoms with E-state index in [-0.39, 0.29) is 35.5 Å². The average molecular weight is 512 g/mol. The Morgan fingerprint density at radius 2 is 1.05 bits per heavy atom. The van der Waals surface area contributed by atoms with Crippen molar-refractivity contribution < 1.29 is 9.59 Å². The third kappa shape index (κ3) is 3.05. The summed E-state index contributed by atoms with van der Waals surface area (Å²) in [5, 5.41) is 4.97. The highest BCUT2D eigenvalue weighted by atomic mass is 16.2. The lowest BCUT2D eigenvalue weighted by Crippen LogP contribution is -2.33. The number of unbranched alkanes of at least 4 members (excludes halogenated alkanes) is 5. The molecular weight excluding hydrogens is 478 g/mol. The van der Waals surface area contributed by atoms with E-state index >= 15 is 0 Å². The summed E-state index contributed by atoms with van der Waals surface area (Å²) in [5.74, 6) is -0.732. The average Bonchev–Trinajstić information content (AvgIpc) is 3.55. The van der Waals surface area contributed by atoms with Crippen molar-refractivity contribution in [3.05, 3.63) is 95.1 Å². The number of likely N-dealkylation sites (tertiary alicyclic amines) is 1. The number of benzene rings is 4. The summed E-state index contributed by atoms with van der Waals surface area (Å²) in [7, 11) is 0. The molecule has 4 aromatic carbocycles. The maximum Gasteiger partial charge on any atom is 0.234 e. The van der Waals surface area contributed by atoms with E-state index in [1.54, 1.807) is 4.90 Å². The van der Waals surface area contributed by atoms with E-state index in [4.69, 9.17) is 0 Å². The van der Waals surface area contributed by atoms with E-state index in [1.165, 1.54) is 80.6 Å². The summed E-state index contributed by atoms with van der Waals surface area (Å²) in [6.45, 7) is 2.78. The van der Waals surface area contributed by atoms with Crippen LogP contribution in [0.15, 0.2) is 72.8 Å². The van der Waals surface area contributed by atoms with Gasteiger partial charge >= 0.3 is 0 Å². The maximum atomic E-state index is 14.3. The predicted octanol–water partition coefficient (Wildman–Crippen LogP) is 8.07. The van der Waals surface area contributed by atoms with Crippen LogP contribution in [0.1, 0.15) is 79.5 Å². The number of hydrogen-bond donors (Lipinski definition) is 0. The molecular formula is C36H33NO2. The molecule has 4 atom stereocenters. The van der Waals surface area contributed by atoms with E-state index in [0.29, 0.717) is 6.54 Å². The predicted molar refractivity (Wildman–Crippen MR) is 157 cm³/mol. The van der Waals surface area contributed by atoms with Crippen LogP contribution in [0.2, 0.25) is 0 Å². The molecule has 4 aromatic rings. The fourth-order valence-corrected chi connectivity index (χ4v) is 8.47. The van der Waals surface area contributed by atoms with Crippen LogP contribution < -0.4 is 0 Å². The zero-order chi connectivity index (χ0) is 26.2. The first-order chi connectivity index (χ1) is 19.2. The van der Waals surface area contributed by atoms with Gasteiger partial charge in [0.1, 0.15) is 0 Å². The molecule has 0 aromatic heterocycles. The molecule has 0 bridgehead atoms. The van der Waals surface area contributed by atoms with Crippen LogP contribution in [0.25, 0.3) is 32.7 Å². The molecule has 1 fully saturated rings. The number of amides is 2. The molecule has 3 aliphatic carbocycles. The molecule has 39 heavy (non-hydrogen) atoms. The number of imide groups is 1. The minimum Gasteiger partial charge on any atom is -0.282 e. The first-order valence-electron chi connectivity index (χ1n) is 14.8. The van der Waals surface area contributed by atoms with Crippen molar-refractivity contribution in [3.63, 3.8) is 0 Å². The zero-order valence-corrected chi connectivity index (χ0v) is 22.5. The molecule has 0 saturated carbocycles. The monoisotopic (exact) mass is 511 g/mol. The van der Waals surface area contributed by atoms with E-state index in [1.807, 2.05) is 0 Å². The highest BCUT2D eigenvalue weighted by molar-refractivity contribution is 6.21.